The van der Waals surface area contributed by atoms with Crippen LogP contribution in [0, 0.1) is 22.7 Å². The molecule has 0 bridgehead atoms. The highest BCUT2D eigenvalue weighted by atomic mass is 16.5. The number of hydrogen-bond donors (Lipinski definition) is 1. The van der Waals surface area contributed by atoms with Crippen LogP contribution in [0.1, 0.15) is 30.7 Å². The van der Waals surface area contributed by atoms with Gasteiger partial charge in [0.15, 0.2) is 5.78 Å². The SMILES string of the molecule is N#CC1C(=N)OC2=C(C(=O)CCC2)C1c1cccnc1. The number of carbonyl (C=O) groups excluding carboxylic acids is 1. The summed E-state index contributed by atoms with van der Waals surface area (Å²) in [7, 11) is 0. The Bertz CT molecular complexity index is 643. The number of nitrogens with one attached hydrogen (secondary N) is 1. The van der Waals surface area contributed by atoms with E-state index in [1.54, 1.807) is 18.5 Å². The number of ketones is 1. The van der Waals surface area contributed by atoms with E-state index >= 15 is 0 Å². The third-order valence-corrected chi connectivity index (χ3v) is 3.75. The highest BCUT2D eigenvalue weighted by Crippen LogP contribution is 2.42. The second-order valence-electron chi connectivity index (χ2n) is 4.95. The van der Waals surface area contributed by atoms with Crippen molar-refractivity contribution in [3.63, 3.8) is 0 Å². The van der Waals surface area contributed by atoms with Crippen molar-refractivity contribution in [2.24, 2.45) is 5.92 Å². The lowest BCUT2D eigenvalue weighted by molar-refractivity contribution is -0.116. The Morgan fingerprint density at radius 1 is 1.45 bits per heavy atom. The minimum atomic E-state index is -0.764. The topological polar surface area (TPSA) is 86.8 Å². The number of Topliss-reactive ketones (excluding diaryl/α,β-unsaturated/α-hetero) is 1. The number of pyridine rings is 1. The van der Waals surface area contributed by atoms with Crippen molar-refractivity contribution in [1.29, 1.82) is 10.7 Å². The summed E-state index contributed by atoms with van der Waals surface area (Å²) in [4.78, 5) is 16.3. The summed E-state index contributed by atoms with van der Waals surface area (Å²) in [6.45, 7) is 0. The number of ether oxygens (including phenoxy) is 1. The number of allylic oxidation sites excluding steroid dienone is 2. The van der Waals surface area contributed by atoms with Crippen molar-refractivity contribution in [3.8, 4) is 6.07 Å². The standard InChI is InChI=1S/C15H13N3O2/c16-7-10-13(9-3-2-6-18-8-9)14-11(19)4-1-5-12(14)20-15(10)17/h2-3,6,8,10,13,17H,1,4-5H2. The van der Waals surface area contributed by atoms with Crippen LogP contribution in [0.25, 0.3) is 0 Å². The van der Waals surface area contributed by atoms with Crippen molar-refractivity contribution >= 4 is 11.7 Å². The first-order valence-corrected chi connectivity index (χ1v) is 6.54. The third kappa shape index (κ3) is 1.90. The van der Waals surface area contributed by atoms with E-state index in [4.69, 9.17) is 10.1 Å². The van der Waals surface area contributed by atoms with Gasteiger partial charge in [0.05, 0.1) is 6.07 Å². The smallest absolute Gasteiger partial charge is 0.205 e. The maximum absolute atomic E-state index is 12.2. The molecule has 0 aromatic carbocycles. The Kier molecular flexibility index (Phi) is 3.07. The van der Waals surface area contributed by atoms with E-state index < -0.39 is 11.8 Å². The molecule has 0 saturated heterocycles. The van der Waals surface area contributed by atoms with Crippen LogP contribution in [-0.4, -0.2) is 16.7 Å². The quantitative estimate of drug-likeness (QED) is 0.845. The minimum Gasteiger partial charge on any atom is -0.446 e. The van der Waals surface area contributed by atoms with Crippen LogP contribution in [0.2, 0.25) is 0 Å². The molecule has 1 aromatic rings. The predicted molar refractivity (Wildman–Crippen MR) is 70.8 cm³/mol. The molecule has 0 saturated carbocycles. The van der Waals surface area contributed by atoms with Gasteiger partial charge in [0, 0.05) is 36.7 Å². The molecule has 5 heteroatoms. The summed E-state index contributed by atoms with van der Waals surface area (Å²) in [5.41, 5.74) is 1.35. The summed E-state index contributed by atoms with van der Waals surface area (Å²) in [6, 6.07) is 5.71. The van der Waals surface area contributed by atoms with Crippen LogP contribution >= 0.6 is 0 Å². The molecule has 2 heterocycles. The van der Waals surface area contributed by atoms with Crippen LogP contribution in [0.3, 0.4) is 0 Å². The summed E-state index contributed by atoms with van der Waals surface area (Å²) < 4.78 is 5.42. The first-order valence-electron chi connectivity index (χ1n) is 6.54. The zero-order valence-electron chi connectivity index (χ0n) is 10.8. The van der Waals surface area contributed by atoms with E-state index in [2.05, 4.69) is 11.1 Å². The van der Waals surface area contributed by atoms with Crippen LogP contribution in [0.15, 0.2) is 35.9 Å². The summed E-state index contributed by atoms with van der Waals surface area (Å²) in [6.07, 6.45) is 5.17. The lowest BCUT2D eigenvalue weighted by Gasteiger charge is -2.33. The monoisotopic (exact) mass is 267 g/mol. The normalized spacial score (nSPS) is 25.8. The van der Waals surface area contributed by atoms with Crippen LogP contribution in [0.4, 0.5) is 0 Å². The molecule has 0 amide bonds. The molecule has 1 aliphatic carbocycles. The molecule has 1 aliphatic heterocycles. The number of aromatic nitrogens is 1. The van der Waals surface area contributed by atoms with Gasteiger partial charge in [-0.1, -0.05) is 6.07 Å². The van der Waals surface area contributed by atoms with Gasteiger partial charge in [-0.2, -0.15) is 5.26 Å². The Morgan fingerprint density at radius 3 is 3.00 bits per heavy atom. The van der Waals surface area contributed by atoms with Gasteiger partial charge >= 0.3 is 0 Å². The molecule has 1 aromatic heterocycles. The fourth-order valence-corrected chi connectivity index (χ4v) is 2.85. The second kappa shape index (κ2) is 4.89. The van der Waals surface area contributed by atoms with Gasteiger partial charge in [-0.15, -0.1) is 0 Å². The van der Waals surface area contributed by atoms with Crippen molar-refractivity contribution in [3.05, 3.63) is 41.4 Å². The molecule has 100 valence electrons. The Balaban J connectivity index is 2.17. The maximum atomic E-state index is 12.2. The molecule has 2 atom stereocenters. The first kappa shape index (κ1) is 12.5. The number of rotatable bonds is 1. The van der Waals surface area contributed by atoms with Gasteiger partial charge in [-0.25, -0.2) is 0 Å². The van der Waals surface area contributed by atoms with E-state index in [1.807, 2.05) is 6.07 Å². The zero-order chi connectivity index (χ0) is 14.1. The maximum Gasteiger partial charge on any atom is 0.205 e. The average molecular weight is 267 g/mol. The number of nitriles is 1. The van der Waals surface area contributed by atoms with Crippen molar-refractivity contribution in [2.45, 2.75) is 25.2 Å². The molecule has 1 N–H and O–H groups in total. The number of nitrogens with zero attached hydrogens (tertiary/aromatic N) is 2. The highest BCUT2D eigenvalue weighted by Gasteiger charge is 2.42. The van der Waals surface area contributed by atoms with E-state index in [1.165, 1.54) is 0 Å². The molecular formula is C15H13N3O2. The summed E-state index contributed by atoms with van der Waals surface area (Å²) in [5.74, 6) is -0.688. The molecule has 2 unspecified atom stereocenters. The largest absolute Gasteiger partial charge is 0.446 e. The van der Waals surface area contributed by atoms with Gasteiger partial charge in [0.2, 0.25) is 5.90 Å². The van der Waals surface area contributed by atoms with E-state index in [-0.39, 0.29) is 11.7 Å². The zero-order valence-corrected chi connectivity index (χ0v) is 10.8. The Labute approximate surface area is 116 Å². The average Bonchev–Trinajstić information content (AvgIpc) is 2.47. The van der Waals surface area contributed by atoms with Gasteiger partial charge in [0.1, 0.15) is 11.7 Å². The van der Waals surface area contributed by atoms with Gasteiger partial charge in [-0.05, 0) is 18.1 Å². The van der Waals surface area contributed by atoms with Gasteiger partial charge in [0.25, 0.3) is 0 Å². The first-order chi connectivity index (χ1) is 9.72. The molecule has 0 radical (unpaired) electrons. The minimum absolute atomic E-state index is 0.0212. The number of carbonyl (C=O) groups is 1. The molecule has 5 nitrogen and oxygen atoms in total. The van der Waals surface area contributed by atoms with E-state index in [0.29, 0.717) is 24.2 Å². The van der Waals surface area contributed by atoms with Crippen LogP contribution < -0.4 is 0 Å². The fourth-order valence-electron chi connectivity index (χ4n) is 2.85. The van der Waals surface area contributed by atoms with Gasteiger partial charge < -0.3 is 4.74 Å². The molecule has 20 heavy (non-hydrogen) atoms. The molecular weight excluding hydrogens is 254 g/mol. The highest BCUT2D eigenvalue weighted by molar-refractivity contribution is 6.01. The van der Waals surface area contributed by atoms with E-state index in [0.717, 1.165) is 12.0 Å². The van der Waals surface area contributed by atoms with Gasteiger partial charge in [-0.3, -0.25) is 15.2 Å². The van der Waals surface area contributed by atoms with Crippen LogP contribution in [-0.2, 0) is 9.53 Å². The predicted octanol–water partition coefficient (Wildman–Crippen LogP) is 2.32. The second-order valence-corrected chi connectivity index (χ2v) is 4.95. The lowest BCUT2D eigenvalue weighted by Crippen LogP contribution is -2.34. The Hall–Kier alpha value is -2.48. The number of hydrogen-bond acceptors (Lipinski definition) is 5. The molecule has 0 spiro atoms. The third-order valence-electron chi connectivity index (χ3n) is 3.75. The van der Waals surface area contributed by atoms with E-state index in [9.17, 15) is 10.1 Å². The fraction of sp³-hybridized carbons (Fsp3) is 0.333. The lowest BCUT2D eigenvalue weighted by atomic mass is 9.75. The molecule has 3 rings (SSSR count). The van der Waals surface area contributed by atoms with Crippen molar-refractivity contribution < 1.29 is 9.53 Å². The van der Waals surface area contributed by atoms with Crippen molar-refractivity contribution in [2.75, 3.05) is 0 Å². The summed E-state index contributed by atoms with van der Waals surface area (Å²) in [5, 5.41) is 17.2. The van der Waals surface area contributed by atoms with Crippen molar-refractivity contribution in [1.82, 2.24) is 4.98 Å². The molecule has 2 aliphatic rings. The Morgan fingerprint density at radius 2 is 2.30 bits per heavy atom. The molecule has 0 fully saturated rings. The van der Waals surface area contributed by atoms with Crippen LogP contribution in [0.5, 0.6) is 0 Å². The summed E-state index contributed by atoms with van der Waals surface area (Å²) >= 11 is 0.